The van der Waals surface area contributed by atoms with Gasteiger partial charge in [-0.1, -0.05) is 42.5 Å². The van der Waals surface area contributed by atoms with Crippen LogP contribution in [0.1, 0.15) is 33.5 Å². The van der Waals surface area contributed by atoms with Crippen molar-refractivity contribution in [3.8, 4) is 16.9 Å². The molecule has 4 rings (SSSR count). The number of carboxylic acid groups (broad SMARTS) is 1. The molecule has 0 bridgehead atoms. The summed E-state index contributed by atoms with van der Waals surface area (Å²) in [6.45, 7) is 2.89. The van der Waals surface area contributed by atoms with Crippen molar-refractivity contribution in [3.63, 3.8) is 0 Å². The third kappa shape index (κ3) is 9.38. The van der Waals surface area contributed by atoms with Crippen molar-refractivity contribution in [2.45, 2.75) is 32.5 Å². The van der Waals surface area contributed by atoms with Crippen LogP contribution in [-0.4, -0.2) is 42.0 Å². The number of aliphatic carboxylic acids is 1. The van der Waals surface area contributed by atoms with Gasteiger partial charge in [0.15, 0.2) is 0 Å². The van der Waals surface area contributed by atoms with E-state index in [4.69, 9.17) is 4.74 Å². The van der Waals surface area contributed by atoms with Crippen molar-refractivity contribution in [2.24, 2.45) is 0 Å². The van der Waals surface area contributed by atoms with E-state index >= 15 is 0 Å². The van der Waals surface area contributed by atoms with Gasteiger partial charge in [-0.3, -0.25) is 14.9 Å². The summed E-state index contributed by atoms with van der Waals surface area (Å²) in [5.74, 6) is -0.508. The molecule has 0 aromatic heterocycles. The van der Waals surface area contributed by atoms with Gasteiger partial charge in [0.2, 0.25) is 0 Å². The van der Waals surface area contributed by atoms with E-state index in [0.29, 0.717) is 30.0 Å². The van der Waals surface area contributed by atoms with Gasteiger partial charge in [-0.25, -0.2) is 0 Å². The summed E-state index contributed by atoms with van der Waals surface area (Å²) in [5, 5.41) is 25.7. The molecule has 0 saturated carbocycles. The zero-order valence-electron chi connectivity index (χ0n) is 25.8. The quantitative estimate of drug-likeness (QED) is 0.130. The number of hydrogen-bond acceptors (Lipinski definition) is 8. The Bertz CT molecular complexity index is 1620. The summed E-state index contributed by atoms with van der Waals surface area (Å²) in [4.78, 5) is 38.2. The van der Waals surface area contributed by atoms with Crippen LogP contribution < -0.4 is 38.9 Å². The fourth-order valence-electron chi connectivity index (χ4n) is 4.90. The van der Waals surface area contributed by atoms with Crippen LogP contribution in [0, 0.1) is 17.0 Å². The number of amides is 1. The standard InChI is InChI=1S/C34H35N3O6S.Li/c1-23-6-4-5-7-29(23)31-20-25(10-17-30(31)33(38)35-32(34(39)40)18-19-44-3)22-36(21-24-8-15-28(43-2)16-9-24)26-11-13-27(14-12-26)37(41)42;/h4-17,20,32H,18-19,21-22H2,1-3H3,(H,35,38)(H,39,40);/q;+1/p-1/t32-;/m0./s1. The van der Waals surface area contributed by atoms with Gasteiger partial charge in [0.05, 0.1) is 24.0 Å². The van der Waals surface area contributed by atoms with E-state index in [1.54, 1.807) is 25.3 Å². The summed E-state index contributed by atoms with van der Waals surface area (Å²) in [6.07, 6.45) is 2.13. The third-order valence-corrected chi connectivity index (χ3v) is 7.94. The molecule has 0 heterocycles. The molecule has 0 aliphatic carbocycles. The number of ether oxygens (including phenoxy) is 1. The minimum Gasteiger partial charge on any atom is -0.548 e. The van der Waals surface area contributed by atoms with Crippen molar-refractivity contribution in [1.82, 2.24) is 5.32 Å². The van der Waals surface area contributed by atoms with Crippen molar-refractivity contribution in [2.75, 3.05) is 24.0 Å². The molecule has 0 fully saturated rings. The number of carboxylic acids is 1. The van der Waals surface area contributed by atoms with Crippen LogP contribution in [0.15, 0.2) is 91.0 Å². The SMILES string of the molecule is COc1ccc(CN(Cc2ccc(C(=O)N[C@@H](CCSC)C(=O)[O-])c(-c3ccccc3C)c2)c2ccc([N+](=O)[O-])cc2)cc1.[Li+]. The summed E-state index contributed by atoms with van der Waals surface area (Å²) < 4.78 is 5.29. The zero-order valence-corrected chi connectivity index (χ0v) is 26.6. The number of rotatable bonds is 14. The van der Waals surface area contributed by atoms with Gasteiger partial charge in [-0.15, -0.1) is 0 Å². The van der Waals surface area contributed by atoms with Crippen LogP contribution in [-0.2, 0) is 17.9 Å². The van der Waals surface area contributed by atoms with Gasteiger partial charge >= 0.3 is 18.9 Å². The van der Waals surface area contributed by atoms with E-state index in [1.165, 1.54) is 23.9 Å². The Morgan fingerprint density at radius 2 is 1.58 bits per heavy atom. The first kappa shape index (κ1) is 35.2. The molecule has 45 heavy (non-hydrogen) atoms. The smallest absolute Gasteiger partial charge is 0.548 e. The molecule has 4 aromatic rings. The number of nitro groups is 1. The molecule has 0 radical (unpaired) electrons. The molecule has 0 aliphatic heterocycles. The molecule has 0 unspecified atom stereocenters. The number of carbonyl (C=O) groups is 2. The van der Waals surface area contributed by atoms with Crippen LogP contribution in [0.2, 0.25) is 0 Å². The van der Waals surface area contributed by atoms with Gasteiger partial charge in [-0.2, -0.15) is 11.8 Å². The normalized spacial score (nSPS) is 11.2. The zero-order chi connectivity index (χ0) is 31.6. The minimum absolute atomic E-state index is 0. The molecular weight excluding hydrogens is 585 g/mol. The van der Waals surface area contributed by atoms with E-state index in [2.05, 4.69) is 10.2 Å². The maximum absolute atomic E-state index is 13.5. The van der Waals surface area contributed by atoms with E-state index in [9.17, 15) is 24.8 Å². The molecule has 11 heteroatoms. The number of anilines is 1. The fourth-order valence-corrected chi connectivity index (χ4v) is 5.37. The number of thioether (sulfide) groups is 1. The monoisotopic (exact) mass is 619 g/mol. The summed E-state index contributed by atoms with van der Waals surface area (Å²) >= 11 is 1.50. The molecule has 1 N–H and O–H groups in total. The predicted molar refractivity (Wildman–Crippen MR) is 172 cm³/mol. The number of hydrogen-bond donors (Lipinski definition) is 1. The number of benzene rings is 4. The van der Waals surface area contributed by atoms with Crippen LogP contribution in [0.25, 0.3) is 11.1 Å². The Kier molecular flexibility index (Phi) is 13.1. The number of nitrogens with zero attached hydrogens (tertiary/aromatic N) is 2. The largest absolute Gasteiger partial charge is 1.00 e. The number of nitrogens with one attached hydrogen (secondary N) is 1. The average molecular weight is 620 g/mol. The predicted octanol–water partition coefficient (Wildman–Crippen LogP) is 2.39. The van der Waals surface area contributed by atoms with E-state index in [1.807, 2.05) is 73.8 Å². The first-order chi connectivity index (χ1) is 21.2. The minimum atomic E-state index is -1.32. The summed E-state index contributed by atoms with van der Waals surface area (Å²) in [6, 6.07) is 26.2. The van der Waals surface area contributed by atoms with Gasteiger partial charge < -0.3 is 24.9 Å². The Morgan fingerprint density at radius 3 is 2.18 bits per heavy atom. The Balaban J connectivity index is 0.00000552. The molecule has 1 amide bonds. The Morgan fingerprint density at radius 1 is 0.933 bits per heavy atom. The van der Waals surface area contributed by atoms with Crippen molar-refractivity contribution >= 4 is 35.0 Å². The molecule has 9 nitrogen and oxygen atoms in total. The Labute approximate surface area is 279 Å². The third-order valence-electron chi connectivity index (χ3n) is 7.30. The molecule has 4 aromatic carbocycles. The van der Waals surface area contributed by atoms with Crippen LogP contribution in [0.4, 0.5) is 11.4 Å². The van der Waals surface area contributed by atoms with Crippen molar-refractivity contribution < 1.29 is 43.2 Å². The average Bonchev–Trinajstić information content (AvgIpc) is 3.03. The molecular formula is C34H34LiN3O6S. The molecule has 1 atom stereocenters. The van der Waals surface area contributed by atoms with Crippen LogP contribution >= 0.6 is 11.8 Å². The molecule has 0 spiro atoms. The topological polar surface area (TPSA) is 125 Å². The van der Waals surface area contributed by atoms with Gasteiger partial charge in [0.25, 0.3) is 11.6 Å². The number of carbonyl (C=O) groups excluding carboxylic acids is 2. The van der Waals surface area contributed by atoms with E-state index in [-0.39, 0.29) is 31.0 Å². The second kappa shape index (κ2) is 16.7. The van der Waals surface area contributed by atoms with Gasteiger partial charge in [-0.05, 0) is 89.6 Å². The van der Waals surface area contributed by atoms with Gasteiger partial charge in [0.1, 0.15) is 5.75 Å². The van der Waals surface area contributed by atoms with E-state index < -0.39 is 22.8 Å². The molecule has 228 valence electrons. The van der Waals surface area contributed by atoms with Crippen LogP contribution in [0.5, 0.6) is 5.75 Å². The number of nitro benzene ring substituents is 1. The van der Waals surface area contributed by atoms with Gasteiger partial charge in [0, 0.05) is 36.5 Å². The first-order valence-corrected chi connectivity index (χ1v) is 15.4. The number of aryl methyl sites for hydroxylation is 1. The second-order valence-corrected chi connectivity index (χ2v) is 11.3. The van der Waals surface area contributed by atoms with E-state index in [0.717, 1.165) is 33.7 Å². The maximum atomic E-state index is 13.5. The second-order valence-electron chi connectivity index (χ2n) is 10.3. The summed E-state index contributed by atoms with van der Waals surface area (Å²) in [7, 11) is 1.61. The number of methoxy groups -OCH3 is 1. The fraction of sp³-hybridized carbons (Fsp3) is 0.235. The van der Waals surface area contributed by atoms with Crippen molar-refractivity contribution in [1.29, 1.82) is 0 Å². The Hall–Kier alpha value is -4.23. The summed E-state index contributed by atoms with van der Waals surface area (Å²) in [5.41, 5.74) is 5.54. The maximum Gasteiger partial charge on any atom is 1.00 e. The first-order valence-electron chi connectivity index (χ1n) is 14.0. The molecule has 0 aliphatic rings. The van der Waals surface area contributed by atoms with Crippen LogP contribution in [0.3, 0.4) is 0 Å². The molecule has 0 saturated heterocycles. The number of non-ortho nitro benzene ring substituents is 1. The van der Waals surface area contributed by atoms with Crippen molar-refractivity contribution in [3.05, 3.63) is 123 Å².